The maximum atomic E-state index is 12.6. The van der Waals surface area contributed by atoms with Gasteiger partial charge in [-0.05, 0) is 67.9 Å². The molecule has 3 N–H and O–H groups in total. The van der Waals surface area contributed by atoms with Crippen molar-refractivity contribution in [2.45, 2.75) is 50.7 Å². The Kier molecular flexibility index (Phi) is 7.89. The van der Waals surface area contributed by atoms with E-state index in [0.29, 0.717) is 72.4 Å². The first-order valence-electron chi connectivity index (χ1n) is 14.0. The second-order valence-electron chi connectivity index (χ2n) is 10.7. The van der Waals surface area contributed by atoms with Gasteiger partial charge in [0.25, 0.3) is 11.9 Å². The number of ether oxygens (including phenoxy) is 2. The van der Waals surface area contributed by atoms with Crippen LogP contribution in [0.15, 0.2) is 54.6 Å². The summed E-state index contributed by atoms with van der Waals surface area (Å²) < 4.78 is 11.4. The number of nitrogens with one attached hydrogen (secondary N) is 2. The van der Waals surface area contributed by atoms with Crippen molar-refractivity contribution in [3.05, 3.63) is 65.2 Å². The van der Waals surface area contributed by atoms with Crippen molar-refractivity contribution < 1.29 is 24.2 Å². The first-order valence-corrected chi connectivity index (χ1v) is 14.4. The van der Waals surface area contributed by atoms with Crippen LogP contribution >= 0.6 is 11.6 Å². The summed E-state index contributed by atoms with van der Waals surface area (Å²) in [4.78, 5) is 36.2. The smallest absolute Gasteiger partial charge is 0.306 e. The van der Waals surface area contributed by atoms with Gasteiger partial charge in [0.2, 0.25) is 0 Å². The number of fused-ring (bicyclic) bond motifs is 1. The summed E-state index contributed by atoms with van der Waals surface area (Å²) in [6.07, 6.45) is 4.14. The van der Waals surface area contributed by atoms with Crippen molar-refractivity contribution in [3.8, 4) is 28.4 Å². The van der Waals surface area contributed by atoms with E-state index in [0.717, 1.165) is 29.5 Å². The third-order valence-corrected chi connectivity index (χ3v) is 8.19. The second kappa shape index (κ2) is 11.9. The molecule has 1 amide bonds. The van der Waals surface area contributed by atoms with Crippen LogP contribution in [-0.4, -0.2) is 57.3 Å². The Morgan fingerprint density at radius 2 is 1.54 bits per heavy atom. The van der Waals surface area contributed by atoms with Crippen LogP contribution in [0.25, 0.3) is 33.5 Å². The number of rotatable bonds is 7. The van der Waals surface area contributed by atoms with Gasteiger partial charge in [-0.15, -0.1) is 0 Å². The summed E-state index contributed by atoms with van der Waals surface area (Å²) in [5.74, 6) is -1.10. The summed E-state index contributed by atoms with van der Waals surface area (Å²) in [7, 11) is 0. The molecule has 0 atom stereocenters. The summed E-state index contributed by atoms with van der Waals surface area (Å²) in [6.45, 7) is 1.37. The lowest BCUT2D eigenvalue weighted by Gasteiger charge is -2.25. The second-order valence-corrected chi connectivity index (χ2v) is 11.1. The number of benzene rings is 2. The summed E-state index contributed by atoms with van der Waals surface area (Å²) in [5, 5.41) is 12.8. The molecule has 2 aromatic heterocycles. The number of aliphatic carboxylic acids is 1. The molecule has 1 saturated carbocycles. The maximum Gasteiger partial charge on any atom is 0.306 e. The molecule has 41 heavy (non-hydrogen) atoms. The lowest BCUT2D eigenvalue weighted by Crippen LogP contribution is -2.38. The van der Waals surface area contributed by atoms with Gasteiger partial charge in [0.05, 0.1) is 22.2 Å². The number of carboxylic acid groups (broad SMARTS) is 1. The number of aromatic amines is 1. The average Bonchev–Trinajstić information content (AvgIpc) is 3.38. The first kappa shape index (κ1) is 27.2. The number of aromatic nitrogens is 3. The molecule has 0 bridgehead atoms. The molecule has 0 unspecified atom stereocenters. The molecule has 2 aromatic carbocycles. The maximum absolute atomic E-state index is 12.6. The van der Waals surface area contributed by atoms with E-state index >= 15 is 0 Å². The van der Waals surface area contributed by atoms with Gasteiger partial charge in [0, 0.05) is 30.4 Å². The molecular formula is C31H31ClN4O5. The van der Waals surface area contributed by atoms with Crippen molar-refractivity contribution in [1.82, 2.24) is 20.3 Å². The van der Waals surface area contributed by atoms with Crippen LogP contribution in [0.1, 0.15) is 48.9 Å². The molecule has 10 heteroatoms. The Hall–Kier alpha value is -3.95. The molecule has 212 valence electrons. The van der Waals surface area contributed by atoms with E-state index in [1.54, 1.807) is 6.07 Å². The van der Waals surface area contributed by atoms with E-state index < -0.39 is 5.97 Å². The molecule has 0 spiro atoms. The Morgan fingerprint density at radius 1 is 0.902 bits per heavy atom. The number of nitrogens with zero attached hydrogens (tertiary/aromatic N) is 2. The quantitative estimate of drug-likeness (QED) is 0.252. The molecule has 1 aliphatic heterocycles. The van der Waals surface area contributed by atoms with Crippen molar-refractivity contribution in [3.63, 3.8) is 0 Å². The number of hydrogen-bond acceptors (Lipinski definition) is 6. The highest BCUT2D eigenvalue weighted by atomic mass is 35.5. The standard InChI is InChI=1S/C31H31ClN4O5/c32-25-17-26-28(36-31(34-26)41-24-11-9-22(10-12-24)30(38)39)35-27(25)20-5-1-18(2-6-20)19-3-7-21(8-4-19)29(37)33-23-13-15-40-16-14-23/h1-8,17,22-24H,9-16H2,(H,33,37)(H,38,39)(H,34,35,36)/t22-,24-. The average molecular weight is 575 g/mol. The van der Waals surface area contributed by atoms with Gasteiger partial charge in [-0.3, -0.25) is 9.59 Å². The number of halogens is 1. The van der Waals surface area contributed by atoms with Gasteiger partial charge < -0.3 is 24.9 Å². The third-order valence-electron chi connectivity index (χ3n) is 7.90. The highest BCUT2D eigenvalue weighted by molar-refractivity contribution is 6.33. The predicted octanol–water partition coefficient (Wildman–Crippen LogP) is 5.88. The zero-order valence-corrected chi connectivity index (χ0v) is 23.2. The molecule has 3 heterocycles. The van der Waals surface area contributed by atoms with Gasteiger partial charge in [-0.2, -0.15) is 4.98 Å². The minimum Gasteiger partial charge on any atom is -0.481 e. The van der Waals surface area contributed by atoms with Crippen LogP contribution in [0, 0.1) is 5.92 Å². The monoisotopic (exact) mass is 574 g/mol. The Labute approximate surface area is 242 Å². The highest BCUT2D eigenvalue weighted by Crippen LogP contribution is 2.32. The minimum atomic E-state index is -0.741. The van der Waals surface area contributed by atoms with E-state index in [1.807, 2.05) is 48.5 Å². The van der Waals surface area contributed by atoms with Crippen LogP contribution in [0.3, 0.4) is 0 Å². The zero-order valence-electron chi connectivity index (χ0n) is 22.4. The van der Waals surface area contributed by atoms with Gasteiger partial charge in [0.15, 0.2) is 5.65 Å². The summed E-state index contributed by atoms with van der Waals surface area (Å²) >= 11 is 6.61. The van der Waals surface area contributed by atoms with Gasteiger partial charge in [-0.25, -0.2) is 4.98 Å². The van der Waals surface area contributed by atoms with Crippen molar-refractivity contribution in [2.24, 2.45) is 5.92 Å². The summed E-state index contributed by atoms with van der Waals surface area (Å²) in [6, 6.07) is 17.8. The summed E-state index contributed by atoms with van der Waals surface area (Å²) in [5.41, 5.74) is 5.28. The molecule has 4 aromatic rings. The predicted molar refractivity (Wildman–Crippen MR) is 155 cm³/mol. The zero-order chi connectivity index (χ0) is 28.3. The number of carbonyl (C=O) groups is 2. The van der Waals surface area contributed by atoms with Crippen LogP contribution < -0.4 is 10.1 Å². The van der Waals surface area contributed by atoms with Crippen molar-refractivity contribution in [1.29, 1.82) is 0 Å². The fourth-order valence-corrected chi connectivity index (χ4v) is 5.75. The van der Waals surface area contributed by atoms with E-state index in [2.05, 4.69) is 15.3 Å². The normalized spacial score (nSPS) is 19.6. The fraction of sp³-hybridized carbons (Fsp3) is 0.355. The number of imidazole rings is 1. The number of H-pyrrole nitrogens is 1. The molecule has 9 nitrogen and oxygen atoms in total. The van der Waals surface area contributed by atoms with E-state index in [4.69, 9.17) is 26.1 Å². The molecule has 2 aliphatic rings. The van der Waals surface area contributed by atoms with Crippen LogP contribution in [0.5, 0.6) is 6.01 Å². The van der Waals surface area contributed by atoms with Crippen molar-refractivity contribution >= 4 is 34.6 Å². The minimum absolute atomic E-state index is 0.0626. The highest BCUT2D eigenvalue weighted by Gasteiger charge is 2.27. The molecule has 2 fully saturated rings. The fourth-order valence-electron chi connectivity index (χ4n) is 5.48. The number of hydrogen-bond donors (Lipinski definition) is 3. The van der Waals surface area contributed by atoms with Crippen molar-refractivity contribution in [2.75, 3.05) is 13.2 Å². The Morgan fingerprint density at radius 3 is 2.20 bits per heavy atom. The lowest BCUT2D eigenvalue weighted by atomic mass is 9.87. The van der Waals surface area contributed by atoms with E-state index in [9.17, 15) is 14.7 Å². The molecule has 1 saturated heterocycles. The first-order chi connectivity index (χ1) is 19.9. The van der Waals surface area contributed by atoms with Gasteiger partial charge >= 0.3 is 5.97 Å². The molecule has 1 aliphatic carbocycles. The number of pyridine rings is 1. The SMILES string of the molecule is O=C(NC1CCOCC1)c1ccc(-c2ccc(-c3nc4nc(O[C@H]5CC[C@H](C(=O)O)CC5)[nH]c4cc3Cl)cc2)cc1. The Bertz CT molecular complexity index is 1540. The number of carboxylic acids is 1. The van der Waals surface area contributed by atoms with E-state index in [-0.39, 0.29) is 24.0 Å². The largest absolute Gasteiger partial charge is 0.481 e. The van der Waals surface area contributed by atoms with Crippen LogP contribution in [-0.2, 0) is 9.53 Å². The number of carbonyl (C=O) groups excluding carboxylic acids is 1. The van der Waals surface area contributed by atoms with Crippen LogP contribution in [0.4, 0.5) is 0 Å². The Balaban J connectivity index is 1.12. The van der Waals surface area contributed by atoms with Gasteiger partial charge in [0.1, 0.15) is 6.10 Å². The topological polar surface area (TPSA) is 126 Å². The van der Waals surface area contributed by atoms with Crippen LogP contribution in [0.2, 0.25) is 5.02 Å². The number of amides is 1. The third kappa shape index (κ3) is 6.21. The van der Waals surface area contributed by atoms with E-state index in [1.165, 1.54) is 0 Å². The molecule has 6 rings (SSSR count). The lowest BCUT2D eigenvalue weighted by molar-refractivity contribution is -0.143. The van der Waals surface area contributed by atoms with Gasteiger partial charge in [-0.1, -0.05) is 48.0 Å². The molecular weight excluding hydrogens is 544 g/mol. The molecule has 0 radical (unpaired) electrons.